The molecule has 178 valence electrons. The molecule has 1 aliphatic heterocycles. The van der Waals surface area contributed by atoms with Crippen molar-refractivity contribution in [1.82, 2.24) is 20.2 Å². The zero-order valence-electron chi connectivity index (χ0n) is 18.5. The van der Waals surface area contributed by atoms with Crippen molar-refractivity contribution in [2.75, 3.05) is 20.2 Å². The highest BCUT2D eigenvalue weighted by Gasteiger charge is 2.43. The molecule has 1 aliphatic rings. The maximum absolute atomic E-state index is 13.4. The number of aliphatic hydroxyl groups excluding tert-OH is 1. The number of nitrogens with one attached hydrogen (secondary N) is 2. The molecule has 4 N–H and O–H groups in total. The first-order valence-electron chi connectivity index (χ1n) is 10.5. The molecular weight excluding hydrogens is 447 g/mol. The van der Waals surface area contributed by atoms with E-state index >= 15 is 0 Å². The molecule has 1 aromatic carbocycles. The molecule has 4 rings (SSSR count). The first kappa shape index (κ1) is 23.2. The van der Waals surface area contributed by atoms with Crippen LogP contribution in [-0.2, 0) is 17.8 Å². The first-order valence-corrected chi connectivity index (χ1v) is 10.5. The summed E-state index contributed by atoms with van der Waals surface area (Å²) in [6.45, 7) is 0.906. The van der Waals surface area contributed by atoms with E-state index in [1.807, 2.05) is 0 Å². The molecule has 2 amide bonds. The van der Waals surface area contributed by atoms with Crippen molar-refractivity contribution in [3.05, 3.63) is 63.3 Å². The fourth-order valence-corrected chi connectivity index (χ4v) is 3.98. The zero-order chi connectivity index (χ0) is 24.6. The average Bonchev–Trinajstić information content (AvgIpc) is 2.82. The van der Waals surface area contributed by atoms with Gasteiger partial charge in [-0.25, -0.2) is 4.39 Å². The Morgan fingerprint density at radius 2 is 2.00 bits per heavy atom. The van der Waals surface area contributed by atoms with E-state index in [-0.39, 0.29) is 42.9 Å². The summed E-state index contributed by atoms with van der Waals surface area (Å²) in [7, 11) is 1.32. The Kier molecular flexibility index (Phi) is 5.96. The molecule has 0 bridgehead atoms. The summed E-state index contributed by atoms with van der Waals surface area (Å²) in [4.78, 5) is 42.9. The van der Waals surface area contributed by atoms with Crippen LogP contribution < -0.4 is 20.9 Å². The summed E-state index contributed by atoms with van der Waals surface area (Å²) in [5.74, 6) is -2.23. The number of ether oxygens (including phenoxy) is 1. The molecule has 0 aliphatic carbocycles. The minimum atomic E-state index is -1.57. The van der Waals surface area contributed by atoms with Crippen molar-refractivity contribution in [2.45, 2.75) is 25.5 Å². The second-order valence-electron chi connectivity index (χ2n) is 8.12. The third kappa shape index (κ3) is 3.83. The summed E-state index contributed by atoms with van der Waals surface area (Å²) < 4.78 is 20.7. The van der Waals surface area contributed by atoms with E-state index < -0.39 is 40.1 Å². The van der Waals surface area contributed by atoms with E-state index in [1.165, 1.54) is 36.9 Å². The summed E-state index contributed by atoms with van der Waals surface area (Å²) in [6, 6.07) is 5.78. The molecule has 34 heavy (non-hydrogen) atoms. The lowest BCUT2D eigenvalue weighted by Gasteiger charge is -2.36. The van der Waals surface area contributed by atoms with Crippen LogP contribution in [0.2, 0.25) is 0 Å². The number of aromatic nitrogens is 2. The quantitative estimate of drug-likeness (QED) is 0.410. The minimum absolute atomic E-state index is 0.0210. The number of amides is 2. The SMILES string of the molecule is CNC(=O)c1c(O)c2ncc(Cc3ccc(F)cc3)c3c2n(c1=O)C[C@](C)(C(=O)NCCO)O3. The lowest BCUT2D eigenvalue weighted by Crippen LogP contribution is -2.55. The lowest BCUT2D eigenvalue weighted by atomic mass is 9.98. The summed E-state index contributed by atoms with van der Waals surface area (Å²) in [6.07, 6.45) is 1.65. The van der Waals surface area contributed by atoms with E-state index in [1.54, 1.807) is 12.1 Å². The largest absolute Gasteiger partial charge is 0.505 e. The van der Waals surface area contributed by atoms with Crippen LogP contribution in [0.1, 0.15) is 28.4 Å². The highest BCUT2D eigenvalue weighted by atomic mass is 19.1. The van der Waals surface area contributed by atoms with Gasteiger partial charge in [0.05, 0.1) is 13.2 Å². The Hall–Kier alpha value is -3.99. The van der Waals surface area contributed by atoms with Gasteiger partial charge < -0.3 is 25.6 Å². The Labute approximate surface area is 193 Å². The van der Waals surface area contributed by atoms with Gasteiger partial charge >= 0.3 is 0 Å². The fourth-order valence-electron chi connectivity index (χ4n) is 3.98. The average molecular weight is 470 g/mol. The van der Waals surface area contributed by atoms with Crippen molar-refractivity contribution in [3.63, 3.8) is 0 Å². The van der Waals surface area contributed by atoms with Crippen LogP contribution in [0, 0.1) is 5.82 Å². The third-order valence-electron chi connectivity index (χ3n) is 5.70. The number of carbonyl (C=O) groups is 2. The standard InChI is InChI=1S/C23H23FN4O6/c1-23(22(33)26-7-8-29)11-28-17-16(18(30)15(21(28)32)20(31)25-2)27-10-13(19(17)34-23)9-12-3-5-14(24)6-4-12/h3-6,10,29-30H,7-9,11H2,1-2H3,(H,25,31)(H,26,33)/t23-/m1/s1. The summed E-state index contributed by atoms with van der Waals surface area (Å²) >= 11 is 0. The van der Waals surface area contributed by atoms with Crippen LogP contribution in [0.25, 0.3) is 11.0 Å². The van der Waals surface area contributed by atoms with E-state index in [4.69, 9.17) is 9.84 Å². The molecule has 1 atom stereocenters. The number of carbonyl (C=O) groups excluding carboxylic acids is 2. The van der Waals surface area contributed by atoms with Gasteiger partial charge in [0.1, 0.15) is 22.4 Å². The number of benzene rings is 1. The third-order valence-corrected chi connectivity index (χ3v) is 5.70. The van der Waals surface area contributed by atoms with Gasteiger partial charge in [-0.1, -0.05) is 12.1 Å². The van der Waals surface area contributed by atoms with Crippen molar-refractivity contribution >= 4 is 22.8 Å². The molecule has 10 nitrogen and oxygen atoms in total. The second kappa shape index (κ2) is 8.75. The van der Waals surface area contributed by atoms with Gasteiger partial charge in [0, 0.05) is 31.8 Å². The maximum atomic E-state index is 13.4. The van der Waals surface area contributed by atoms with Crippen molar-refractivity contribution in [1.29, 1.82) is 0 Å². The fraction of sp³-hybridized carbons (Fsp3) is 0.304. The van der Waals surface area contributed by atoms with Crippen LogP contribution >= 0.6 is 0 Å². The van der Waals surface area contributed by atoms with E-state index in [9.17, 15) is 23.9 Å². The highest BCUT2D eigenvalue weighted by molar-refractivity contribution is 6.02. The number of halogens is 1. The Bertz CT molecular complexity index is 1350. The summed E-state index contributed by atoms with van der Waals surface area (Å²) in [5, 5.41) is 24.7. The van der Waals surface area contributed by atoms with Crippen molar-refractivity contribution < 1.29 is 28.9 Å². The maximum Gasteiger partial charge on any atom is 0.268 e. The highest BCUT2D eigenvalue weighted by Crippen LogP contribution is 2.40. The van der Waals surface area contributed by atoms with Crippen LogP contribution in [0.3, 0.4) is 0 Å². The molecule has 0 spiro atoms. The first-order chi connectivity index (χ1) is 16.2. The number of aromatic hydroxyl groups is 1. The van der Waals surface area contributed by atoms with Gasteiger partial charge in [-0.2, -0.15) is 0 Å². The van der Waals surface area contributed by atoms with Gasteiger partial charge in [-0.3, -0.25) is 23.9 Å². The molecule has 0 radical (unpaired) electrons. The normalized spacial score (nSPS) is 16.7. The molecule has 2 aromatic heterocycles. The molecule has 3 heterocycles. The molecular formula is C23H23FN4O6. The molecule has 3 aromatic rings. The van der Waals surface area contributed by atoms with Crippen LogP contribution in [0.15, 0.2) is 35.3 Å². The minimum Gasteiger partial charge on any atom is -0.505 e. The van der Waals surface area contributed by atoms with E-state index in [0.29, 0.717) is 5.56 Å². The van der Waals surface area contributed by atoms with Gasteiger partial charge in [-0.15, -0.1) is 0 Å². The predicted octanol–water partition coefficient (Wildman–Crippen LogP) is 0.451. The zero-order valence-corrected chi connectivity index (χ0v) is 18.5. The molecule has 11 heteroatoms. The molecule has 0 fully saturated rings. The summed E-state index contributed by atoms with van der Waals surface area (Å²) in [5.41, 5.74) is -1.57. The van der Waals surface area contributed by atoms with Crippen molar-refractivity contribution in [3.8, 4) is 11.5 Å². The number of hydrogen-bond donors (Lipinski definition) is 4. The Morgan fingerprint density at radius 3 is 2.65 bits per heavy atom. The predicted molar refractivity (Wildman–Crippen MR) is 119 cm³/mol. The Balaban J connectivity index is 1.96. The molecule has 0 saturated heterocycles. The number of nitrogens with zero attached hydrogens (tertiary/aromatic N) is 2. The number of rotatable bonds is 6. The number of hydrogen-bond acceptors (Lipinski definition) is 7. The molecule has 0 saturated carbocycles. The van der Waals surface area contributed by atoms with Gasteiger partial charge in [0.25, 0.3) is 17.4 Å². The number of pyridine rings is 2. The Morgan fingerprint density at radius 1 is 1.29 bits per heavy atom. The van der Waals surface area contributed by atoms with Gasteiger partial charge in [0.15, 0.2) is 11.5 Å². The van der Waals surface area contributed by atoms with Gasteiger partial charge in [-0.05, 0) is 24.6 Å². The van der Waals surface area contributed by atoms with Crippen LogP contribution in [-0.4, -0.2) is 57.4 Å². The van der Waals surface area contributed by atoms with Crippen molar-refractivity contribution in [2.24, 2.45) is 0 Å². The molecule has 0 unspecified atom stereocenters. The lowest BCUT2D eigenvalue weighted by molar-refractivity contribution is -0.137. The second-order valence-corrected chi connectivity index (χ2v) is 8.12. The van der Waals surface area contributed by atoms with E-state index in [2.05, 4.69) is 15.6 Å². The van der Waals surface area contributed by atoms with Crippen LogP contribution in [0.5, 0.6) is 11.5 Å². The van der Waals surface area contributed by atoms with E-state index in [0.717, 1.165) is 5.56 Å². The smallest absolute Gasteiger partial charge is 0.268 e. The van der Waals surface area contributed by atoms with Crippen LogP contribution in [0.4, 0.5) is 4.39 Å². The monoisotopic (exact) mass is 470 g/mol. The number of aliphatic hydroxyl groups is 1. The topological polar surface area (TPSA) is 143 Å². The van der Waals surface area contributed by atoms with Gasteiger partial charge in [0.2, 0.25) is 5.60 Å².